The zero-order valence-corrected chi connectivity index (χ0v) is 11.9. The van der Waals surface area contributed by atoms with Crippen LogP contribution in [0.3, 0.4) is 0 Å². The Balaban J connectivity index is 2.10. The van der Waals surface area contributed by atoms with Crippen molar-refractivity contribution in [3.05, 3.63) is 33.5 Å². The van der Waals surface area contributed by atoms with E-state index in [0.29, 0.717) is 33.8 Å². The highest BCUT2D eigenvalue weighted by atomic mass is 127. The number of aliphatic carboxylic acids is 1. The lowest BCUT2D eigenvalue weighted by atomic mass is 10.2. The molecule has 0 aliphatic rings. The van der Waals surface area contributed by atoms with Gasteiger partial charge in [-0.15, -0.1) is 10.2 Å². The van der Waals surface area contributed by atoms with Crippen molar-refractivity contribution < 1.29 is 18.7 Å². The van der Waals surface area contributed by atoms with Crippen LogP contribution in [0.2, 0.25) is 0 Å². The molecule has 1 heterocycles. The van der Waals surface area contributed by atoms with E-state index in [2.05, 4.69) is 10.2 Å². The lowest BCUT2D eigenvalue weighted by molar-refractivity contribution is -0.137. The van der Waals surface area contributed by atoms with Gasteiger partial charge in [-0.25, -0.2) is 4.39 Å². The zero-order valence-electron chi connectivity index (χ0n) is 9.77. The maximum Gasteiger partial charge on any atom is 0.303 e. The number of rotatable bonds is 5. The normalized spacial score (nSPS) is 10.6. The topological polar surface area (TPSA) is 76.2 Å². The Morgan fingerprint density at radius 1 is 1.42 bits per heavy atom. The van der Waals surface area contributed by atoms with Crippen LogP contribution in [-0.2, 0) is 11.2 Å². The molecule has 0 saturated heterocycles. The molecule has 100 valence electrons. The van der Waals surface area contributed by atoms with E-state index in [9.17, 15) is 9.18 Å². The van der Waals surface area contributed by atoms with Gasteiger partial charge in [0.05, 0.1) is 5.56 Å². The van der Waals surface area contributed by atoms with E-state index >= 15 is 0 Å². The van der Waals surface area contributed by atoms with Gasteiger partial charge < -0.3 is 9.52 Å². The van der Waals surface area contributed by atoms with Crippen LogP contribution in [0.1, 0.15) is 18.7 Å². The van der Waals surface area contributed by atoms with Crippen molar-refractivity contribution in [1.29, 1.82) is 0 Å². The van der Waals surface area contributed by atoms with Crippen molar-refractivity contribution in [3.63, 3.8) is 0 Å². The van der Waals surface area contributed by atoms with E-state index in [1.165, 1.54) is 12.1 Å². The Hall–Kier alpha value is -1.51. The van der Waals surface area contributed by atoms with E-state index < -0.39 is 5.97 Å². The fourth-order valence-electron chi connectivity index (χ4n) is 1.52. The molecule has 0 amide bonds. The summed E-state index contributed by atoms with van der Waals surface area (Å²) in [5, 5.41) is 16.3. The Labute approximate surface area is 122 Å². The number of aromatic nitrogens is 2. The van der Waals surface area contributed by atoms with E-state index in [1.54, 1.807) is 6.07 Å². The van der Waals surface area contributed by atoms with Crippen LogP contribution in [0.25, 0.3) is 11.5 Å². The highest BCUT2D eigenvalue weighted by molar-refractivity contribution is 14.1. The second-order valence-electron chi connectivity index (χ2n) is 3.87. The smallest absolute Gasteiger partial charge is 0.303 e. The SMILES string of the molecule is O=C(O)CCCc1nnc(-c2ccc(F)cc2I)o1. The average molecular weight is 376 g/mol. The maximum atomic E-state index is 13.0. The number of carbonyl (C=O) groups is 1. The number of hydrogen-bond acceptors (Lipinski definition) is 4. The minimum absolute atomic E-state index is 0.0613. The summed E-state index contributed by atoms with van der Waals surface area (Å²) < 4.78 is 19.1. The predicted octanol–water partition coefficient (Wildman–Crippen LogP) is 2.89. The first-order valence-electron chi connectivity index (χ1n) is 5.56. The summed E-state index contributed by atoms with van der Waals surface area (Å²) in [5.41, 5.74) is 0.666. The summed E-state index contributed by atoms with van der Waals surface area (Å²) in [6.07, 6.45) is 0.917. The molecule has 0 radical (unpaired) electrons. The molecule has 0 spiro atoms. The Bertz CT molecular complexity index is 600. The minimum Gasteiger partial charge on any atom is -0.481 e. The summed E-state index contributed by atoms with van der Waals surface area (Å²) in [6.45, 7) is 0. The molecule has 5 nitrogen and oxygen atoms in total. The van der Waals surface area contributed by atoms with Gasteiger partial charge in [0.25, 0.3) is 0 Å². The highest BCUT2D eigenvalue weighted by Crippen LogP contribution is 2.25. The summed E-state index contributed by atoms with van der Waals surface area (Å²) in [4.78, 5) is 10.4. The minimum atomic E-state index is -0.854. The molecule has 7 heteroatoms. The van der Waals surface area contributed by atoms with Gasteiger partial charge in [0.1, 0.15) is 5.82 Å². The van der Waals surface area contributed by atoms with Gasteiger partial charge in [-0.3, -0.25) is 4.79 Å². The largest absolute Gasteiger partial charge is 0.481 e. The predicted molar refractivity (Wildman–Crippen MR) is 73.0 cm³/mol. The molecule has 1 aromatic carbocycles. The van der Waals surface area contributed by atoms with Gasteiger partial charge in [0.15, 0.2) is 0 Å². The van der Waals surface area contributed by atoms with Crippen LogP contribution in [-0.4, -0.2) is 21.3 Å². The quantitative estimate of drug-likeness (QED) is 0.813. The number of benzene rings is 1. The maximum absolute atomic E-state index is 13.0. The highest BCUT2D eigenvalue weighted by Gasteiger charge is 2.12. The van der Waals surface area contributed by atoms with Crippen molar-refractivity contribution in [1.82, 2.24) is 10.2 Å². The number of aryl methyl sites for hydroxylation is 1. The molecule has 0 bridgehead atoms. The molecular weight excluding hydrogens is 366 g/mol. The Morgan fingerprint density at radius 2 is 2.21 bits per heavy atom. The fraction of sp³-hybridized carbons (Fsp3) is 0.250. The van der Waals surface area contributed by atoms with Crippen molar-refractivity contribution in [2.75, 3.05) is 0 Å². The molecule has 1 aromatic heterocycles. The monoisotopic (exact) mass is 376 g/mol. The van der Waals surface area contributed by atoms with E-state index in [1.807, 2.05) is 22.6 Å². The standard InChI is InChI=1S/C12H10FIN2O3/c13-7-4-5-8(9(14)6-7)12-16-15-10(19-12)2-1-3-11(17)18/h4-6H,1-3H2,(H,17,18). The van der Waals surface area contributed by atoms with Gasteiger partial charge >= 0.3 is 5.97 Å². The first-order chi connectivity index (χ1) is 9.06. The molecule has 0 saturated carbocycles. The molecule has 0 fully saturated rings. The van der Waals surface area contributed by atoms with E-state index in [4.69, 9.17) is 9.52 Å². The second-order valence-corrected chi connectivity index (χ2v) is 5.03. The number of carboxylic acids is 1. The Morgan fingerprint density at radius 3 is 2.89 bits per heavy atom. The first kappa shape index (κ1) is 13.9. The van der Waals surface area contributed by atoms with Gasteiger partial charge in [-0.1, -0.05) is 0 Å². The fourth-order valence-corrected chi connectivity index (χ4v) is 2.23. The van der Waals surface area contributed by atoms with Crippen LogP contribution in [0.15, 0.2) is 22.6 Å². The molecule has 2 aromatic rings. The van der Waals surface area contributed by atoms with Crippen LogP contribution >= 0.6 is 22.6 Å². The van der Waals surface area contributed by atoms with Crippen molar-refractivity contribution in [2.45, 2.75) is 19.3 Å². The molecule has 2 rings (SSSR count). The third-order valence-electron chi connectivity index (χ3n) is 2.41. The Kier molecular flexibility index (Phi) is 4.46. The molecule has 0 aliphatic heterocycles. The van der Waals surface area contributed by atoms with Gasteiger partial charge in [0.2, 0.25) is 11.8 Å². The van der Waals surface area contributed by atoms with E-state index in [0.717, 1.165) is 0 Å². The van der Waals surface area contributed by atoms with E-state index in [-0.39, 0.29) is 12.2 Å². The molecule has 0 aliphatic carbocycles. The third kappa shape index (κ3) is 3.72. The molecule has 19 heavy (non-hydrogen) atoms. The van der Waals surface area contributed by atoms with Crippen molar-refractivity contribution >= 4 is 28.6 Å². The van der Waals surface area contributed by atoms with Gasteiger partial charge in [-0.2, -0.15) is 0 Å². The van der Waals surface area contributed by atoms with Crippen LogP contribution in [0.5, 0.6) is 0 Å². The van der Waals surface area contributed by atoms with Crippen LogP contribution in [0.4, 0.5) is 4.39 Å². The number of carboxylic acid groups (broad SMARTS) is 1. The second kappa shape index (κ2) is 6.09. The first-order valence-corrected chi connectivity index (χ1v) is 6.64. The van der Waals surface area contributed by atoms with Crippen LogP contribution < -0.4 is 0 Å². The number of hydrogen-bond donors (Lipinski definition) is 1. The number of nitrogens with zero attached hydrogens (tertiary/aromatic N) is 2. The lowest BCUT2D eigenvalue weighted by Crippen LogP contribution is -1.95. The summed E-state index contributed by atoms with van der Waals surface area (Å²) in [5.74, 6) is -0.478. The van der Waals surface area contributed by atoms with Gasteiger partial charge in [0, 0.05) is 16.4 Å². The molecule has 0 atom stereocenters. The van der Waals surface area contributed by atoms with Crippen molar-refractivity contribution in [3.8, 4) is 11.5 Å². The lowest BCUT2D eigenvalue weighted by Gasteiger charge is -1.98. The van der Waals surface area contributed by atoms with Gasteiger partial charge in [-0.05, 0) is 47.2 Å². The summed E-state index contributed by atoms with van der Waals surface area (Å²) in [6, 6.07) is 4.28. The molecular formula is C12H10FIN2O3. The molecule has 0 unspecified atom stereocenters. The summed E-state index contributed by atoms with van der Waals surface area (Å²) >= 11 is 1.99. The molecule has 1 N–H and O–H groups in total. The zero-order chi connectivity index (χ0) is 13.8. The van der Waals surface area contributed by atoms with Crippen LogP contribution in [0, 0.1) is 9.39 Å². The third-order valence-corrected chi connectivity index (χ3v) is 3.30. The summed E-state index contributed by atoms with van der Waals surface area (Å²) in [7, 11) is 0. The average Bonchev–Trinajstić information content (AvgIpc) is 2.77. The van der Waals surface area contributed by atoms with Crippen molar-refractivity contribution in [2.24, 2.45) is 0 Å². The number of halogens is 2.